The van der Waals surface area contributed by atoms with Gasteiger partial charge in [-0.05, 0) is 25.1 Å². The van der Waals surface area contributed by atoms with Crippen molar-refractivity contribution in [2.45, 2.75) is 18.7 Å². The van der Waals surface area contributed by atoms with Crippen molar-refractivity contribution in [1.82, 2.24) is 10.3 Å². The van der Waals surface area contributed by atoms with Gasteiger partial charge in [0.25, 0.3) is 5.91 Å². The van der Waals surface area contributed by atoms with Gasteiger partial charge in [0.05, 0.1) is 0 Å². The number of amides is 1. The predicted octanol–water partition coefficient (Wildman–Crippen LogP) is 0.913. The van der Waals surface area contributed by atoms with Crippen molar-refractivity contribution in [3.63, 3.8) is 0 Å². The molecule has 18 heavy (non-hydrogen) atoms. The molecule has 98 valence electrons. The van der Waals surface area contributed by atoms with Gasteiger partial charge >= 0.3 is 0 Å². The molecule has 0 saturated carbocycles. The number of carbonyl (C=O) groups excluding carboxylic acids is 1. The molecule has 1 fully saturated rings. The second-order valence-electron chi connectivity index (χ2n) is 4.02. The molecule has 1 aliphatic heterocycles. The Kier molecular flexibility index (Phi) is 3.98. The van der Waals surface area contributed by atoms with Crippen LogP contribution in [0.1, 0.15) is 16.8 Å². The largest absolute Gasteiger partial charge is 0.471 e. The van der Waals surface area contributed by atoms with Gasteiger partial charge in [0.15, 0.2) is 0 Å². The van der Waals surface area contributed by atoms with E-state index in [-0.39, 0.29) is 23.1 Å². The number of ether oxygens (including phenoxy) is 1. The number of primary amides is 1. The number of nitrogens with zero attached hydrogens (tertiary/aromatic N) is 1. The SMILES string of the molecule is NC(=O)c1ccc(Cl)nc1OC1CCNC[C@@H]1F. The summed E-state index contributed by atoms with van der Waals surface area (Å²) in [6.07, 6.45) is -1.30. The topological polar surface area (TPSA) is 77.2 Å². The molecule has 1 saturated heterocycles. The van der Waals surface area contributed by atoms with Crippen LogP contribution in [0.15, 0.2) is 12.1 Å². The van der Waals surface area contributed by atoms with Crippen molar-refractivity contribution in [2.24, 2.45) is 5.73 Å². The van der Waals surface area contributed by atoms with E-state index in [0.29, 0.717) is 13.0 Å². The molecule has 7 heteroatoms. The van der Waals surface area contributed by atoms with Crippen LogP contribution in [0, 0.1) is 0 Å². The fraction of sp³-hybridized carbons (Fsp3) is 0.455. The second kappa shape index (κ2) is 5.49. The van der Waals surface area contributed by atoms with Crippen molar-refractivity contribution < 1.29 is 13.9 Å². The lowest BCUT2D eigenvalue weighted by Crippen LogP contribution is -2.44. The summed E-state index contributed by atoms with van der Waals surface area (Å²) < 4.78 is 19.0. The summed E-state index contributed by atoms with van der Waals surface area (Å²) in [6.45, 7) is 0.870. The summed E-state index contributed by atoms with van der Waals surface area (Å²) in [4.78, 5) is 15.1. The summed E-state index contributed by atoms with van der Waals surface area (Å²) >= 11 is 5.73. The highest BCUT2D eigenvalue weighted by molar-refractivity contribution is 6.29. The Bertz CT molecular complexity index is 458. The zero-order valence-electron chi connectivity index (χ0n) is 9.53. The van der Waals surface area contributed by atoms with Gasteiger partial charge in [-0.2, -0.15) is 0 Å². The third kappa shape index (κ3) is 2.88. The number of alkyl halides is 1. The second-order valence-corrected chi connectivity index (χ2v) is 4.40. The molecule has 5 nitrogen and oxygen atoms in total. The van der Waals surface area contributed by atoms with E-state index in [1.54, 1.807) is 0 Å². The van der Waals surface area contributed by atoms with E-state index >= 15 is 0 Å². The fourth-order valence-corrected chi connectivity index (χ4v) is 1.91. The molecule has 0 bridgehead atoms. The normalized spacial score (nSPS) is 23.7. The molecular weight excluding hydrogens is 261 g/mol. The lowest BCUT2D eigenvalue weighted by Gasteiger charge is -2.27. The molecule has 1 unspecified atom stereocenters. The van der Waals surface area contributed by atoms with Crippen molar-refractivity contribution in [3.8, 4) is 5.88 Å². The van der Waals surface area contributed by atoms with Crippen LogP contribution in [0.3, 0.4) is 0 Å². The minimum absolute atomic E-state index is 0.00968. The van der Waals surface area contributed by atoms with Gasteiger partial charge in [-0.3, -0.25) is 4.79 Å². The summed E-state index contributed by atoms with van der Waals surface area (Å²) in [5, 5.41) is 3.07. The van der Waals surface area contributed by atoms with Crippen molar-refractivity contribution in [1.29, 1.82) is 0 Å². The lowest BCUT2D eigenvalue weighted by molar-refractivity contribution is 0.0676. The van der Waals surface area contributed by atoms with Gasteiger partial charge in [0, 0.05) is 6.54 Å². The molecule has 1 aliphatic rings. The zero-order valence-corrected chi connectivity index (χ0v) is 10.3. The summed E-state index contributed by atoms with van der Waals surface area (Å²) in [6, 6.07) is 2.85. The highest BCUT2D eigenvalue weighted by Crippen LogP contribution is 2.22. The molecule has 1 aromatic heterocycles. The molecule has 2 heterocycles. The van der Waals surface area contributed by atoms with Crippen LogP contribution in [0.2, 0.25) is 5.15 Å². The van der Waals surface area contributed by atoms with Crippen LogP contribution >= 0.6 is 11.6 Å². The molecule has 0 spiro atoms. The third-order valence-electron chi connectivity index (χ3n) is 2.70. The predicted molar refractivity (Wildman–Crippen MR) is 64.6 cm³/mol. The zero-order chi connectivity index (χ0) is 13.1. The Morgan fingerprint density at radius 1 is 1.61 bits per heavy atom. The highest BCUT2D eigenvalue weighted by atomic mass is 35.5. The van der Waals surface area contributed by atoms with Crippen LogP contribution in [0.25, 0.3) is 0 Å². The van der Waals surface area contributed by atoms with Crippen LogP contribution in [0.4, 0.5) is 4.39 Å². The van der Waals surface area contributed by atoms with Crippen molar-refractivity contribution in [3.05, 3.63) is 22.8 Å². The number of aromatic nitrogens is 1. The number of carbonyl (C=O) groups is 1. The van der Waals surface area contributed by atoms with E-state index in [0.717, 1.165) is 0 Å². The Balaban J connectivity index is 2.21. The first-order chi connectivity index (χ1) is 8.58. The first-order valence-corrected chi connectivity index (χ1v) is 5.93. The van der Waals surface area contributed by atoms with E-state index in [4.69, 9.17) is 22.1 Å². The number of halogens is 2. The summed E-state index contributed by atoms with van der Waals surface area (Å²) in [7, 11) is 0. The number of hydrogen-bond donors (Lipinski definition) is 2. The van der Waals surface area contributed by atoms with Crippen LogP contribution < -0.4 is 15.8 Å². The van der Waals surface area contributed by atoms with Crippen LogP contribution in [-0.4, -0.2) is 36.3 Å². The van der Waals surface area contributed by atoms with Crippen molar-refractivity contribution in [2.75, 3.05) is 13.1 Å². The van der Waals surface area contributed by atoms with E-state index in [9.17, 15) is 9.18 Å². The maximum absolute atomic E-state index is 13.6. The average Bonchev–Trinajstić information content (AvgIpc) is 2.32. The summed E-state index contributed by atoms with van der Waals surface area (Å²) in [5.41, 5.74) is 5.30. The Hall–Kier alpha value is -1.40. The summed E-state index contributed by atoms with van der Waals surface area (Å²) in [5.74, 6) is -0.692. The van der Waals surface area contributed by atoms with Gasteiger partial charge in [-0.25, -0.2) is 9.37 Å². The fourth-order valence-electron chi connectivity index (χ4n) is 1.77. The minimum Gasteiger partial charge on any atom is -0.471 e. The van der Waals surface area contributed by atoms with Crippen molar-refractivity contribution >= 4 is 17.5 Å². The quantitative estimate of drug-likeness (QED) is 0.803. The number of rotatable bonds is 3. The number of nitrogens with two attached hydrogens (primary N) is 1. The maximum atomic E-state index is 13.6. The highest BCUT2D eigenvalue weighted by Gasteiger charge is 2.28. The smallest absolute Gasteiger partial charge is 0.254 e. The number of hydrogen-bond acceptors (Lipinski definition) is 4. The molecule has 1 amide bonds. The Labute approximate surface area is 108 Å². The molecule has 2 rings (SSSR count). The van der Waals surface area contributed by atoms with Gasteiger partial charge < -0.3 is 15.8 Å². The Morgan fingerprint density at radius 2 is 2.39 bits per heavy atom. The molecular formula is C11H13ClFN3O2. The number of nitrogens with one attached hydrogen (secondary N) is 1. The first kappa shape index (κ1) is 13.0. The van der Waals surface area contributed by atoms with E-state index in [1.807, 2.05) is 0 Å². The van der Waals surface area contributed by atoms with Crippen LogP contribution in [-0.2, 0) is 0 Å². The van der Waals surface area contributed by atoms with E-state index < -0.39 is 18.2 Å². The maximum Gasteiger partial charge on any atom is 0.254 e. The Morgan fingerprint density at radius 3 is 3.06 bits per heavy atom. The number of pyridine rings is 1. The molecule has 3 N–H and O–H groups in total. The van der Waals surface area contributed by atoms with Gasteiger partial charge in [0.1, 0.15) is 23.0 Å². The average molecular weight is 274 g/mol. The van der Waals surface area contributed by atoms with Gasteiger partial charge in [-0.15, -0.1) is 0 Å². The number of piperidine rings is 1. The van der Waals surface area contributed by atoms with Gasteiger partial charge in [-0.1, -0.05) is 11.6 Å². The van der Waals surface area contributed by atoms with E-state index in [2.05, 4.69) is 10.3 Å². The molecule has 0 aromatic carbocycles. The molecule has 2 atom stereocenters. The molecule has 0 aliphatic carbocycles. The minimum atomic E-state index is -1.15. The molecule has 1 aromatic rings. The van der Waals surface area contributed by atoms with E-state index in [1.165, 1.54) is 12.1 Å². The standard InChI is InChI=1S/C11H13ClFN3O2/c12-9-2-1-6(10(14)17)11(16-9)18-8-3-4-15-5-7(8)13/h1-2,7-8,15H,3-5H2,(H2,14,17)/t7-,8?/m0/s1. The lowest BCUT2D eigenvalue weighted by atomic mass is 10.1. The van der Waals surface area contributed by atoms with Crippen LogP contribution in [0.5, 0.6) is 5.88 Å². The molecule has 0 radical (unpaired) electrons. The first-order valence-electron chi connectivity index (χ1n) is 5.55. The van der Waals surface area contributed by atoms with Gasteiger partial charge in [0.2, 0.25) is 5.88 Å². The third-order valence-corrected chi connectivity index (χ3v) is 2.91. The monoisotopic (exact) mass is 273 g/mol.